The van der Waals surface area contributed by atoms with Crippen LogP contribution in [0.1, 0.15) is 99.3 Å². The minimum absolute atomic E-state index is 0.0563. The molecule has 0 aromatic heterocycles. The van der Waals surface area contributed by atoms with Crippen LogP contribution in [0.4, 0.5) is 0 Å². The molecule has 5 aliphatic carbocycles. The number of allylic oxidation sites excluding steroid dienone is 1. The molecule has 5 saturated carbocycles. The van der Waals surface area contributed by atoms with Crippen molar-refractivity contribution >= 4 is 15.8 Å². The lowest BCUT2D eigenvalue weighted by molar-refractivity contribution is -0.247. The molecule has 0 amide bonds. The summed E-state index contributed by atoms with van der Waals surface area (Å²) < 4.78 is 27.0. The van der Waals surface area contributed by atoms with Crippen molar-refractivity contribution in [1.82, 2.24) is 0 Å². The number of aliphatic hydroxyl groups is 1. The minimum atomic E-state index is -3.59. The first-order valence-corrected chi connectivity index (χ1v) is 16.6. The monoisotopic (exact) mass is 534 g/mol. The Hall–Kier alpha value is -0.880. The molecule has 210 valence electrons. The van der Waals surface area contributed by atoms with Gasteiger partial charge in [0.15, 0.2) is 9.84 Å². The fourth-order valence-electron chi connectivity index (χ4n) is 12.1. The molecule has 5 aliphatic rings. The molecule has 0 aromatic rings. The number of carboxylic acid groups (broad SMARTS) is 1. The normalized spacial score (nSPS) is 52.8. The average Bonchev–Trinajstić information content (AvgIpc) is 3.18. The van der Waals surface area contributed by atoms with E-state index in [1.54, 1.807) is 0 Å². The fourth-order valence-corrected chi connectivity index (χ4v) is 13.9. The van der Waals surface area contributed by atoms with Crippen molar-refractivity contribution in [2.24, 2.45) is 56.7 Å². The molecule has 5 nitrogen and oxygen atoms in total. The van der Waals surface area contributed by atoms with Crippen molar-refractivity contribution in [2.75, 3.05) is 6.26 Å². The number of rotatable bonds is 3. The van der Waals surface area contributed by atoms with Crippen molar-refractivity contribution in [3.8, 4) is 0 Å². The standard InChI is InChI=1S/C31H50O5S/c1-18(2)19-11-16-31(26(33)34)24(37(8,35)36)17-30(7)20(25(19)31)9-10-22-28(5)14-13-23(32)27(3,4)21(28)12-15-29(22,30)6/h19-25,32H,1,9-17H2,2-8H3,(H,33,34)/t19-,20+,21-,22+,23-,24?,25+,28-,29+,30+,31-/m0/s1. The second-order valence-corrected chi connectivity index (χ2v) is 17.7. The Morgan fingerprint density at radius 2 is 1.54 bits per heavy atom. The zero-order chi connectivity index (χ0) is 27.6. The van der Waals surface area contributed by atoms with E-state index in [9.17, 15) is 23.4 Å². The van der Waals surface area contributed by atoms with E-state index in [1.165, 1.54) is 6.26 Å². The SMILES string of the molecule is C=C(C)[C@@H]1CC[C@]2(C(=O)O)C(S(C)(=O)=O)C[C@]3(C)[C@H](CC[C@@H]4[C@@]5(C)CC[C@H](O)C(C)(C)[C@@H]5CC[C@]43C)[C@@H]12. The fraction of sp³-hybridized carbons (Fsp3) is 0.903. The maximum absolute atomic E-state index is 13.5. The maximum atomic E-state index is 13.5. The van der Waals surface area contributed by atoms with E-state index in [4.69, 9.17) is 0 Å². The van der Waals surface area contributed by atoms with Crippen molar-refractivity contribution < 1.29 is 23.4 Å². The third-order valence-corrected chi connectivity index (χ3v) is 15.6. The number of fused-ring (bicyclic) bond motifs is 7. The van der Waals surface area contributed by atoms with E-state index < -0.39 is 26.5 Å². The molecule has 0 bridgehead atoms. The molecular formula is C31H50O5S. The van der Waals surface area contributed by atoms with Crippen LogP contribution in [0.2, 0.25) is 0 Å². The third kappa shape index (κ3) is 3.30. The van der Waals surface area contributed by atoms with Gasteiger partial charge in [-0.05, 0) is 116 Å². The molecule has 0 aliphatic heterocycles. The molecule has 6 heteroatoms. The van der Waals surface area contributed by atoms with Crippen molar-refractivity contribution in [2.45, 2.75) is 111 Å². The summed E-state index contributed by atoms with van der Waals surface area (Å²) in [6, 6.07) is 0. The smallest absolute Gasteiger partial charge is 0.311 e. The molecule has 11 atom stereocenters. The number of sulfone groups is 1. The minimum Gasteiger partial charge on any atom is -0.481 e. The molecule has 0 aromatic carbocycles. The van der Waals surface area contributed by atoms with Gasteiger partial charge in [-0.25, -0.2) is 8.42 Å². The van der Waals surface area contributed by atoms with Crippen molar-refractivity contribution in [1.29, 1.82) is 0 Å². The Kier molecular flexibility index (Phi) is 6.05. The summed E-state index contributed by atoms with van der Waals surface area (Å²) in [5.74, 6) is 0.00631. The lowest BCUT2D eigenvalue weighted by atomic mass is 9.32. The highest BCUT2D eigenvalue weighted by Gasteiger charge is 2.75. The summed E-state index contributed by atoms with van der Waals surface area (Å²) >= 11 is 0. The molecule has 0 spiro atoms. The first kappa shape index (κ1) is 27.7. The first-order valence-electron chi connectivity index (χ1n) is 14.6. The van der Waals surface area contributed by atoms with E-state index >= 15 is 0 Å². The van der Waals surface area contributed by atoms with Gasteiger partial charge in [-0.1, -0.05) is 46.8 Å². The van der Waals surface area contributed by atoms with Crippen LogP contribution in [0.15, 0.2) is 12.2 Å². The van der Waals surface area contributed by atoms with Crippen LogP contribution in [0.3, 0.4) is 0 Å². The van der Waals surface area contributed by atoms with E-state index in [1.807, 2.05) is 6.92 Å². The van der Waals surface area contributed by atoms with Crippen LogP contribution in [-0.4, -0.2) is 42.2 Å². The number of hydrogen-bond donors (Lipinski definition) is 2. The van der Waals surface area contributed by atoms with E-state index in [0.717, 1.165) is 50.5 Å². The van der Waals surface area contributed by atoms with Crippen LogP contribution >= 0.6 is 0 Å². The Morgan fingerprint density at radius 3 is 2.11 bits per heavy atom. The predicted octanol–water partition coefficient (Wildman–Crippen LogP) is 6.11. The molecule has 1 unspecified atom stereocenters. The molecule has 0 heterocycles. The summed E-state index contributed by atoms with van der Waals surface area (Å²) in [6.45, 7) is 18.0. The average molecular weight is 535 g/mol. The van der Waals surface area contributed by atoms with Crippen LogP contribution in [0, 0.1) is 56.7 Å². The Labute approximate surface area is 224 Å². The van der Waals surface area contributed by atoms with Crippen LogP contribution in [0.25, 0.3) is 0 Å². The lowest BCUT2D eigenvalue weighted by Crippen LogP contribution is -2.69. The van der Waals surface area contributed by atoms with Crippen LogP contribution in [0.5, 0.6) is 0 Å². The molecular weight excluding hydrogens is 484 g/mol. The van der Waals surface area contributed by atoms with Gasteiger partial charge >= 0.3 is 5.97 Å². The molecule has 37 heavy (non-hydrogen) atoms. The quantitative estimate of drug-likeness (QED) is 0.426. The number of aliphatic hydroxyl groups excluding tert-OH is 1. The second kappa shape index (κ2) is 8.08. The maximum Gasteiger partial charge on any atom is 0.311 e. The number of carbonyl (C=O) groups is 1. The Bertz CT molecular complexity index is 1110. The zero-order valence-corrected chi connectivity index (χ0v) is 25.0. The summed E-state index contributed by atoms with van der Waals surface area (Å²) in [5.41, 5.74) is -0.592. The van der Waals surface area contributed by atoms with E-state index in [2.05, 4.69) is 41.2 Å². The van der Waals surface area contributed by atoms with Gasteiger partial charge in [0, 0.05) is 6.26 Å². The summed E-state index contributed by atoms with van der Waals surface area (Å²) in [4.78, 5) is 13.1. The molecule has 2 N–H and O–H groups in total. The molecule has 0 radical (unpaired) electrons. The van der Waals surface area contributed by atoms with Crippen LogP contribution < -0.4 is 0 Å². The van der Waals surface area contributed by atoms with Gasteiger partial charge in [-0.2, -0.15) is 0 Å². The summed E-state index contributed by atoms with van der Waals surface area (Å²) in [6.07, 6.45) is 8.51. The zero-order valence-electron chi connectivity index (χ0n) is 24.1. The largest absolute Gasteiger partial charge is 0.481 e. The van der Waals surface area contributed by atoms with Gasteiger partial charge in [-0.15, -0.1) is 0 Å². The second-order valence-electron chi connectivity index (χ2n) is 15.4. The predicted molar refractivity (Wildman–Crippen MR) is 147 cm³/mol. The summed E-state index contributed by atoms with van der Waals surface area (Å²) in [5, 5.41) is 20.8. The van der Waals surface area contributed by atoms with Crippen LogP contribution in [-0.2, 0) is 14.6 Å². The van der Waals surface area contributed by atoms with E-state index in [0.29, 0.717) is 24.7 Å². The highest BCUT2D eigenvalue weighted by molar-refractivity contribution is 7.91. The van der Waals surface area contributed by atoms with Gasteiger partial charge in [0.05, 0.1) is 16.8 Å². The van der Waals surface area contributed by atoms with Gasteiger partial charge in [0.25, 0.3) is 0 Å². The Balaban J connectivity index is 1.67. The molecule has 0 saturated heterocycles. The molecule has 5 rings (SSSR count). The van der Waals surface area contributed by atoms with Gasteiger partial charge in [-0.3, -0.25) is 4.79 Å². The number of aliphatic carboxylic acids is 1. The number of carboxylic acids is 1. The van der Waals surface area contributed by atoms with Gasteiger partial charge in [0.2, 0.25) is 0 Å². The first-order chi connectivity index (χ1) is 16.9. The highest BCUT2D eigenvalue weighted by Crippen LogP contribution is 2.78. The summed E-state index contributed by atoms with van der Waals surface area (Å²) in [7, 11) is -3.59. The van der Waals surface area contributed by atoms with E-state index in [-0.39, 0.29) is 45.5 Å². The van der Waals surface area contributed by atoms with Gasteiger partial charge in [0.1, 0.15) is 0 Å². The topological polar surface area (TPSA) is 91.7 Å². The Morgan fingerprint density at radius 1 is 0.892 bits per heavy atom. The highest BCUT2D eigenvalue weighted by atomic mass is 32.2. The molecule has 5 fully saturated rings. The lowest BCUT2D eigenvalue weighted by Gasteiger charge is -2.73. The van der Waals surface area contributed by atoms with Gasteiger partial charge < -0.3 is 10.2 Å². The van der Waals surface area contributed by atoms with Crippen molar-refractivity contribution in [3.05, 3.63) is 12.2 Å². The third-order valence-electron chi connectivity index (χ3n) is 14.0. The van der Waals surface area contributed by atoms with Crippen molar-refractivity contribution in [3.63, 3.8) is 0 Å². The number of hydrogen-bond acceptors (Lipinski definition) is 4.